The zero-order valence-corrected chi connectivity index (χ0v) is 17.7. The van der Waals surface area contributed by atoms with Gasteiger partial charge >= 0.3 is 0 Å². The first-order chi connectivity index (χ1) is 14.5. The van der Waals surface area contributed by atoms with Gasteiger partial charge < -0.3 is 16.4 Å². The zero-order chi connectivity index (χ0) is 21.3. The third-order valence-corrected chi connectivity index (χ3v) is 5.35. The Kier molecular flexibility index (Phi) is 8.04. The molecular formula is C22H28ClN5O2. The molecule has 1 aromatic carbocycles. The summed E-state index contributed by atoms with van der Waals surface area (Å²) in [5.41, 5.74) is 7.32. The van der Waals surface area contributed by atoms with E-state index >= 15 is 0 Å². The maximum absolute atomic E-state index is 12.9. The average molecular weight is 430 g/mol. The van der Waals surface area contributed by atoms with Crippen LogP contribution in [0.4, 0.5) is 5.82 Å². The second kappa shape index (κ2) is 10.9. The van der Waals surface area contributed by atoms with Gasteiger partial charge in [0.15, 0.2) is 0 Å². The number of piperidine rings is 1. The molecule has 1 aromatic heterocycles. The third-order valence-electron chi connectivity index (χ3n) is 5.11. The SMILES string of the molecule is Nc1ccc(CNC(=O)C(Cc2cccc(Cl)c2)NC(=O)CN2CCCCC2)cn1. The lowest BCUT2D eigenvalue weighted by Crippen LogP contribution is -2.50. The molecule has 0 radical (unpaired) electrons. The molecule has 0 aliphatic carbocycles. The number of benzene rings is 1. The molecular weight excluding hydrogens is 402 g/mol. The van der Waals surface area contributed by atoms with Crippen molar-refractivity contribution in [2.75, 3.05) is 25.4 Å². The molecule has 0 saturated carbocycles. The summed E-state index contributed by atoms with van der Waals surface area (Å²) in [6.45, 7) is 2.45. The number of amides is 2. The second-order valence-electron chi connectivity index (χ2n) is 7.60. The largest absolute Gasteiger partial charge is 0.384 e. The minimum absolute atomic E-state index is 0.145. The van der Waals surface area contributed by atoms with Crippen molar-refractivity contribution in [1.29, 1.82) is 0 Å². The van der Waals surface area contributed by atoms with Crippen LogP contribution in [-0.2, 0) is 22.6 Å². The predicted molar refractivity (Wildman–Crippen MR) is 118 cm³/mol. The van der Waals surface area contributed by atoms with Gasteiger partial charge in [-0.1, -0.05) is 36.2 Å². The summed E-state index contributed by atoms with van der Waals surface area (Å²) >= 11 is 6.08. The molecule has 0 spiro atoms. The van der Waals surface area contributed by atoms with E-state index in [1.54, 1.807) is 18.3 Å². The molecule has 30 heavy (non-hydrogen) atoms. The first-order valence-electron chi connectivity index (χ1n) is 10.2. The van der Waals surface area contributed by atoms with Gasteiger partial charge in [-0.2, -0.15) is 0 Å². The average Bonchev–Trinajstić information content (AvgIpc) is 2.73. The van der Waals surface area contributed by atoms with Crippen LogP contribution in [0.2, 0.25) is 5.02 Å². The Bertz CT molecular complexity index is 853. The van der Waals surface area contributed by atoms with E-state index in [0.717, 1.165) is 37.1 Å². The second-order valence-corrected chi connectivity index (χ2v) is 8.04. The Balaban J connectivity index is 1.63. The van der Waals surface area contributed by atoms with Crippen LogP contribution in [0.1, 0.15) is 30.4 Å². The van der Waals surface area contributed by atoms with Crippen LogP contribution in [0.25, 0.3) is 0 Å². The van der Waals surface area contributed by atoms with Crippen molar-refractivity contribution >= 4 is 29.2 Å². The molecule has 4 N–H and O–H groups in total. The van der Waals surface area contributed by atoms with Gasteiger partial charge in [0.05, 0.1) is 6.54 Å². The van der Waals surface area contributed by atoms with Crippen LogP contribution < -0.4 is 16.4 Å². The summed E-state index contributed by atoms with van der Waals surface area (Å²) in [5, 5.41) is 6.38. The number of pyridine rings is 1. The molecule has 2 aromatic rings. The fourth-order valence-electron chi connectivity index (χ4n) is 3.52. The summed E-state index contributed by atoms with van der Waals surface area (Å²) in [5.74, 6) is 0.0286. The Morgan fingerprint density at radius 3 is 2.63 bits per heavy atom. The number of hydrogen-bond acceptors (Lipinski definition) is 5. The highest BCUT2D eigenvalue weighted by Gasteiger charge is 2.23. The van der Waals surface area contributed by atoms with Gasteiger partial charge in [0, 0.05) is 24.2 Å². The van der Waals surface area contributed by atoms with E-state index in [1.807, 2.05) is 24.3 Å². The molecule has 1 aliphatic heterocycles. The lowest BCUT2D eigenvalue weighted by Gasteiger charge is -2.27. The first kappa shape index (κ1) is 22.1. The van der Waals surface area contributed by atoms with Crippen LogP contribution in [0.15, 0.2) is 42.6 Å². The summed E-state index contributed by atoms with van der Waals surface area (Å²) in [6.07, 6.45) is 5.40. The van der Waals surface area contributed by atoms with Crippen molar-refractivity contribution in [3.63, 3.8) is 0 Å². The van der Waals surface area contributed by atoms with Crippen molar-refractivity contribution in [2.24, 2.45) is 0 Å². The Hall–Kier alpha value is -2.64. The van der Waals surface area contributed by atoms with Crippen LogP contribution in [0, 0.1) is 0 Å². The minimum Gasteiger partial charge on any atom is -0.384 e. The lowest BCUT2D eigenvalue weighted by atomic mass is 10.0. The number of aromatic nitrogens is 1. The number of nitrogens with one attached hydrogen (secondary N) is 2. The van der Waals surface area contributed by atoms with Crippen molar-refractivity contribution in [2.45, 2.75) is 38.3 Å². The van der Waals surface area contributed by atoms with E-state index in [0.29, 0.717) is 30.4 Å². The molecule has 2 heterocycles. The zero-order valence-electron chi connectivity index (χ0n) is 16.9. The molecule has 8 heteroatoms. The number of rotatable bonds is 8. The van der Waals surface area contributed by atoms with Gasteiger partial charge in [-0.15, -0.1) is 0 Å². The van der Waals surface area contributed by atoms with E-state index in [1.165, 1.54) is 6.42 Å². The highest BCUT2D eigenvalue weighted by molar-refractivity contribution is 6.30. The quantitative estimate of drug-likeness (QED) is 0.597. The smallest absolute Gasteiger partial charge is 0.243 e. The predicted octanol–water partition coefficient (Wildman–Crippen LogP) is 2.15. The third kappa shape index (κ3) is 7.00. The standard InChI is InChI=1S/C22H28ClN5O2/c23-18-6-4-5-16(11-18)12-19(27-21(29)15-28-9-2-1-3-10-28)22(30)26-14-17-7-8-20(24)25-13-17/h4-8,11,13,19H,1-3,9-10,12,14-15H2,(H2,24,25)(H,26,30)(H,27,29). The van der Waals surface area contributed by atoms with Gasteiger partial charge in [-0.25, -0.2) is 4.98 Å². The van der Waals surface area contributed by atoms with Crippen LogP contribution in [0.3, 0.4) is 0 Å². The fourth-order valence-corrected chi connectivity index (χ4v) is 3.74. The number of hydrogen-bond donors (Lipinski definition) is 3. The van der Waals surface area contributed by atoms with Crippen molar-refractivity contribution in [1.82, 2.24) is 20.5 Å². The van der Waals surface area contributed by atoms with E-state index in [-0.39, 0.29) is 11.8 Å². The van der Waals surface area contributed by atoms with Gasteiger partial charge in [-0.05, 0) is 55.3 Å². The Morgan fingerprint density at radius 1 is 1.13 bits per heavy atom. The molecule has 1 aliphatic rings. The van der Waals surface area contributed by atoms with E-state index < -0.39 is 6.04 Å². The fraction of sp³-hybridized carbons (Fsp3) is 0.409. The Labute approximate surface area is 182 Å². The topological polar surface area (TPSA) is 100 Å². The van der Waals surface area contributed by atoms with Gasteiger partial charge in [0.1, 0.15) is 11.9 Å². The molecule has 1 atom stereocenters. The maximum Gasteiger partial charge on any atom is 0.243 e. The molecule has 1 saturated heterocycles. The van der Waals surface area contributed by atoms with Gasteiger partial charge in [0.25, 0.3) is 0 Å². The number of likely N-dealkylation sites (tertiary alicyclic amines) is 1. The summed E-state index contributed by atoms with van der Waals surface area (Å²) in [6, 6.07) is 10.1. The van der Waals surface area contributed by atoms with E-state index in [4.69, 9.17) is 17.3 Å². The van der Waals surface area contributed by atoms with Crippen LogP contribution in [-0.4, -0.2) is 47.4 Å². The normalized spacial score (nSPS) is 15.4. The Morgan fingerprint density at radius 2 is 1.93 bits per heavy atom. The number of nitrogens with two attached hydrogens (primary N) is 1. The number of halogens is 1. The van der Waals surface area contributed by atoms with E-state index in [9.17, 15) is 9.59 Å². The number of nitrogen functional groups attached to an aromatic ring is 1. The van der Waals surface area contributed by atoms with Gasteiger partial charge in [0.2, 0.25) is 11.8 Å². The number of nitrogens with zero attached hydrogens (tertiary/aromatic N) is 2. The summed E-state index contributed by atoms with van der Waals surface area (Å²) in [7, 11) is 0. The highest BCUT2D eigenvalue weighted by atomic mass is 35.5. The molecule has 2 amide bonds. The molecule has 7 nitrogen and oxygen atoms in total. The maximum atomic E-state index is 12.9. The minimum atomic E-state index is -0.692. The molecule has 0 bridgehead atoms. The lowest BCUT2D eigenvalue weighted by molar-refractivity contribution is -0.129. The first-order valence-corrected chi connectivity index (χ1v) is 10.6. The molecule has 3 rings (SSSR count). The summed E-state index contributed by atoms with van der Waals surface area (Å²) in [4.78, 5) is 31.7. The number of carbonyl (C=O) groups excluding carboxylic acids is 2. The van der Waals surface area contributed by atoms with Crippen LogP contribution in [0.5, 0.6) is 0 Å². The molecule has 1 unspecified atom stereocenters. The monoisotopic (exact) mass is 429 g/mol. The van der Waals surface area contributed by atoms with Crippen molar-refractivity contribution in [3.05, 3.63) is 58.7 Å². The summed E-state index contributed by atoms with van der Waals surface area (Å²) < 4.78 is 0. The van der Waals surface area contributed by atoms with E-state index in [2.05, 4.69) is 20.5 Å². The van der Waals surface area contributed by atoms with Crippen molar-refractivity contribution < 1.29 is 9.59 Å². The highest BCUT2D eigenvalue weighted by Crippen LogP contribution is 2.13. The van der Waals surface area contributed by atoms with Crippen molar-refractivity contribution in [3.8, 4) is 0 Å². The molecule has 160 valence electrons. The number of anilines is 1. The van der Waals surface area contributed by atoms with Gasteiger partial charge in [-0.3, -0.25) is 14.5 Å². The molecule has 1 fully saturated rings. The number of carbonyl (C=O) groups is 2. The van der Waals surface area contributed by atoms with Crippen LogP contribution >= 0.6 is 11.6 Å².